The van der Waals surface area contributed by atoms with Gasteiger partial charge in [0.1, 0.15) is 5.82 Å². The Morgan fingerprint density at radius 1 is 1.14 bits per heavy atom. The van der Waals surface area contributed by atoms with E-state index in [4.69, 9.17) is 11.6 Å². The maximum Gasteiger partial charge on any atom is 0.143 e. The highest BCUT2D eigenvalue weighted by Gasteiger charge is 2.05. The van der Waals surface area contributed by atoms with Crippen molar-refractivity contribution in [2.45, 2.75) is 13.5 Å². The molecule has 0 aliphatic carbocycles. The molecule has 0 saturated carbocycles. The van der Waals surface area contributed by atoms with Crippen LogP contribution in [-0.2, 0) is 6.54 Å². The standard InChI is InChI=1S/C17H14ClFN2/c1-11-8-12(14-4-2-3-5-17(14)21-11)10-20-13-6-7-15(18)16(19)9-13/h2-9,20H,10H2,1H3. The summed E-state index contributed by atoms with van der Waals surface area (Å²) < 4.78 is 13.4. The Hall–Kier alpha value is -2.13. The van der Waals surface area contributed by atoms with Crippen molar-refractivity contribution in [3.8, 4) is 0 Å². The van der Waals surface area contributed by atoms with E-state index in [-0.39, 0.29) is 5.02 Å². The van der Waals surface area contributed by atoms with Crippen molar-refractivity contribution < 1.29 is 4.39 Å². The average Bonchev–Trinajstić information content (AvgIpc) is 2.48. The van der Waals surface area contributed by atoms with Gasteiger partial charge in [0.25, 0.3) is 0 Å². The van der Waals surface area contributed by atoms with Crippen LogP contribution in [-0.4, -0.2) is 4.98 Å². The maximum atomic E-state index is 13.4. The van der Waals surface area contributed by atoms with Gasteiger partial charge in [0.05, 0.1) is 10.5 Å². The zero-order valence-electron chi connectivity index (χ0n) is 11.5. The summed E-state index contributed by atoms with van der Waals surface area (Å²) in [6.45, 7) is 2.57. The number of nitrogens with zero attached hydrogens (tertiary/aromatic N) is 1. The molecule has 1 N–H and O–H groups in total. The molecule has 21 heavy (non-hydrogen) atoms. The van der Waals surface area contributed by atoms with E-state index in [9.17, 15) is 4.39 Å². The third-order valence-electron chi connectivity index (χ3n) is 3.33. The van der Waals surface area contributed by atoms with Crippen molar-refractivity contribution in [1.29, 1.82) is 0 Å². The number of pyridine rings is 1. The summed E-state index contributed by atoms with van der Waals surface area (Å²) in [6.07, 6.45) is 0. The van der Waals surface area contributed by atoms with Crippen LogP contribution in [0.25, 0.3) is 10.9 Å². The van der Waals surface area contributed by atoms with E-state index in [1.165, 1.54) is 6.07 Å². The molecule has 0 fully saturated rings. The SMILES string of the molecule is Cc1cc(CNc2ccc(Cl)c(F)c2)c2ccccc2n1. The molecule has 2 aromatic carbocycles. The molecule has 0 spiro atoms. The number of aromatic nitrogens is 1. The first-order chi connectivity index (χ1) is 10.1. The van der Waals surface area contributed by atoms with Crippen molar-refractivity contribution in [2.24, 2.45) is 0 Å². The molecule has 3 aromatic rings. The molecule has 0 bridgehead atoms. The number of anilines is 1. The Labute approximate surface area is 127 Å². The van der Waals surface area contributed by atoms with Gasteiger partial charge in [-0.15, -0.1) is 0 Å². The van der Waals surface area contributed by atoms with Crippen molar-refractivity contribution >= 4 is 28.2 Å². The van der Waals surface area contributed by atoms with Crippen LogP contribution >= 0.6 is 11.6 Å². The normalized spacial score (nSPS) is 10.8. The lowest BCUT2D eigenvalue weighted by molar-refractivity contribution is 0.628. The quantitative estimate of drug-likeness (QED) is 0.740. The number of rotatable bonds is 3. The summed E-state index contributed by atoms with van der Waals surface area (Å²) in [5, 5.41) is 4.45. The summed E-state index contributed by atoms with van der Waals surface area (Å²) >= 11 is 5.69. The van der Waals surface area contributed by atoms with Crippen molar-refractivity contribution in [2.75, 3.05) is 5.32 Å². The van der Waals surface area contributed by atoms with Crippen molar-refractivity contribution in [1.82, 2.24) is 4.98 Å². The number of benzene rings is 2. The molecular formula is C17H14ClFN2. The molecular weight excluding hydrogens is 287 g/mol. The molecule has 3 rings (SSSR count). The Morgan fingerprint density at radius 2 is 1.95 bits per heavy atom. The molecule has 106 valence electrons. The molecule has 2 nitrogen and oxygen atoms in total. The lowest BCUT2D eigenvalue weighted by Crippen LogP contribution is -2.02. The van der Waals surface area contributed by atoms with Crippen LogP contribution in [0.1, 0.15) is 11.3 Å². The largest absolute Gasteiger partial charge is 0.381 e. The lowest BCUT2D eigenvalue weighted by atomic mass is 10.1. The van der Waals surface area contributed by atoms with Crippen LogP contribution in [0.3, 0.4) is 0 Å². The first-order valence-electron chi connectivity index (χ1n) is 6.68. The van der Waals surface area contributed by atoms with Crippen LogP contribution in [0.5, 0.6) is 0 Å². The van der Waals surface area contributed by atoms with Crippen LogP contribution in [0.4, 0.5) is 10.1 Å². The summed E-state index contributed by atoms with van der Waals surface area (Å²) in [7, 11) is 0. The van der Waals surface area contributed by atoms with Gasteiger partial charge < -0.3 is 5.32 Å². The van der Waals surface area contributed by atoms with Gasteiger partial charge in [-0.1, -0.05) is 29.8 Å². The highest BCUT2D eigenvalue weighted by atomic mass is 35.5. The smallest absolute Gasteiger partial charge is 0.143 e. The molecule has 0 aliphatic heterocycles. The van der Waals surface area contributed by atoms with Gasteiger partial charge in [-0.3, -0.25) is 4.98 Å². The molecule has 0 unspecified atom stereocenters. The number of hydrogen-bond donors (Lipinski definition) is 1. The minimum Gasteiger partial charge on any atom is -0.381 e. The van der Waals surface area contributed by atoms with Gasteiger partial charge in [-0.05, 0) is 42.8 Å². The number of nitrogens with one attached hydrogen (secondary N) is 1. The zero-order valence-corrected chi connectivity index (χ0v) is 12.3. The van der Waals surface area contributed by atoms with Gasteiger partial charge in [-0.25, -0.2) is 4.39 Å². The van der Waals surface area contributed by atoms with Crippen molar-refractivity contribution in [3.05, 3.63) is 70.6 Å². The van der Waals surface area contributed by atoms with Gasteiger partial charge in [0, 0.05) is 23.3 Å². The van der Waals surface area contributed by atoms with E-state index < -0.39 is 5.82 Å². The maximum absolute atomic E-state index is 13.4. The summed E-state index contributed by atoms with van der Waals surface area (Å²) in [6, 6.07) is 14.8. The topological polar surface area (TPSA) is 24.9 Å². The van der Waals surface area contributed by atoms with Crippen LogP contribution in [0, 0.1) is 12.7 Å². The molecule has 4 heteroatoms. The molecule has 0 saturated heterocycles. The highest BCUT2D eigenvalue weighted by molar-refractivity contribution is 6.30. The Morgan fingerprint density at radius 3 is 2.76 bits per heavy atom. The highest BCUT2D eigenvalue weighted by Crippen LogP contribution is 2.22. The van der Waals surface area contributed by atoms with E-state index >= 15 is 0 Å². The predicted molar refractivity (Wildman–Crippen MR) is 85.2 cm³/mol. The number of aryl methyl sites for hydroxylation is 1. The Bertz CT molecular complexity index is 802. The third-order valence-corrected chi connectivity index (χ3v) is 3.64. The fourth-order valence-corrected chi connectivity index (χ4v) is 2.46. The van der Waals surface area contributed by atoms with E-state index in [1.807, 2.05) is 37.3 Å². The van der Waals surface area contributed by atoms with Crippen molar-refractivity contribution in [3.63, 3.8) is 0 Å². The minimum absolute atomic E-state index is 0.130. The Kier molecular flexibility index (Phi) is 3.76. The summed E-state index contributed by atoms with van der Waals surface area (Å²) in [4.78, 5) is 4.51. The van der Waals surface area contributed by atoms with Gasteiger partial charge in [-0.2, -0.15) is 0 Å². The first-order valence-corrected chi connectivity index (χ1v) is 7.05. The molecule has 1 aromatic heterocycles. The second-order valence-corrected chi connectivity index (χ2v) is 5.33. The summed E-state index contributed by atoms with van der Waals surface area (Å²) in [5.41, 5.74) is 3.77. The molecule has 1 heterocycles. The molecule has 0 amide bonds. The fourth-order valence-electron chi connectivity index (χ4n) is 2.34. The van der Waals surface area contributed by atoms with Crippen LogP contribution < -0.4 is 5.32 Å². The monoisotopic (exact) mass is 300 g/mol. The Balaban J connectivity index is 1.89. The predicted octanol–water partition coefficient (Wildman–Crippen LogP) is 4.95. The fraction of sp³-hybridized carbons (Fsp3) is 0.118. The second kappa shape index (κ2) is 5.70. The van der Waals surface area contributed by atoms with E-state index in [1.54, 1.807) is 12.1 Å². The average molecular weight is 301 g/mol. The van der Waals surface area contributed by atoms with E-state index in [0.717, 1.165) is 22.2 Å². The summed E-state index contributed by atoms with van der Waals surface area (Å²) in [5.74, 6) is -0.419. The number of para-hydroxylation sites is 1. The minimum atomic E-state index is -0.419. The van der Waals surface area contributed by atoms with Crippen LogP contribution in [0.2, 0.25) is 5.02 Å². The lowest BCUT2D eigenvalue weighted by Gasteiger charge is -2.10. The second-order valence-electron chi connectivity index (χ2n) is 4.92. The van der Waals surface area contributed by atoms with Gasteiger partial charge in [0.15, 0.2) is 0 Å². The molecule has 0 aliphatic rings. The zero-order chi connectivity index (χ0) is 14.8. The molecule has 0 atom stereocenters. The van der Waals surface area contributed by atoms with Gasteiger partial charge in [0.2, 0.25) is 0 Å². The third kappa shape index (κ3) is 2.98. The number of hydrogen-bond acceptors (Lipinski definition) is 2. The number of fused-ring (bicyclic) bond motifs is 1. The number of halogens is 2. The van der Waals surface area contributed by atoms with Gasteiger partial charge >= 0.3 is 0 Å². The van der Waals surface area contributed by atoms with E-state index in [2.05, 4.69) is 10.3 Å². The first kappa shape index (κ1) is 13.8. The molecule has 0 radical (unpaired) electrons. The van der Waals surface area contributed by atoms with Crippen LogP contribution in [0.15, 0.2) is 48.5 Å². The van der Waals surface area contributed by atoms with E-state index in [0.29, 0.717) is 12.2 Å².